The molecular formula is C30H26O2S. The highest BCUT2D eigenvalue weighted by Gasteiger charge is 2.32. The van der Waals surface area contributed by atoms with Crippen molar-refractivity contribution in [2.45, 2.75) is 17.4 Å². The number of hydrogen-bond acceptors (Lipinski definition) is 3. The third-order valence-corrected chi connectivity index (χ3v) is 7.03. The van der Waals surface area contributed by atoms with E-state index in [1.54, 1.807) is 36.0 Å². The Kier molecular flexibility index (Phi) is 7.89. The van der Waals surface area contributed by atoms with Gasteiger partial charge in [-0.3, -0.25) is 9.59 Å². The lowest BCUT2D eigenvalue weighted by atomic mass is 9.85. The van der Waals surface area contributed by atoms with Crippen molar-refractivity contribution in [3.05, 3.63) is 144 Å². The first-order valence-corrected chi connectivity index (χ1v) is 12.2. The van der Waals surface area contributed by atoms with Crippen molar-refractivity contribution >= 4 is 23.3 Å². The van der Waals surface area contributed by atoms with Crippen molar-refractivity contribution in [1.29, 1.82) is 0 Å². The van der Waals surface area contributed by atoms with E-state index in [2.05, 4.69) is 24.3 Å². The number of rotatable bonds is 10. The summed E-state index contributed by atoms with van der Waals surface area (Å²) in [4.78, 5) is 27.1. The number of hydrogen-bond donors (Lipinski definition) is 0. The van der Waals surface area contributed by atoms with E-state index in [9.17, 15) is 9.59 Å². The van der Waals surface area contributed by atoms with Gasteiger partial charge in [-0.1, -0.05) is 121 Å². The Hall–Kier alpha value is -3.43. The lowest BCUT2D eigenvalue weighted by Gasteiger charge is -2.23. The summed E-state index contributed by atoms with van der Waals surface area (Å²) < 4.78 is 0. The SMILES string of the molecule is O=C(c1ccccc1)C(CC(SCc1ccccc1)c1ccccc1)C(=O)c1ccccc1. The molecule has 0 aliphatic rings. The minimum absolute atomic E-state index is 0.0109. The van der Waals surface area contributed by atoms with Crippen LogP contribution in [-0.4, -0.2) is 11.6 Å². The molecule has 3 heteroatoms. The molecule has 0 N–H and O–H groups in total. The molecule has 0 aromatic heterocycles. The maximum absolute atomic E-state index is 13.6. The van der Waals surface area contributed by atoms with E-state index in [1.165, 1.54) is 5.56 Å². The monoisotopic (exact) mass is 450 g/mol. The van der Waals surface area contributed by atoms with Gasteiger partial charge in [0.25, 0.3) is 0 Å². The van der Waals surface area contributed by atoms with Gasteiger partial charge in [0.1, 0.15) is 0 Å². The van der Waals surface area contributed by atoms with Crippen LogP contribution in [0.25, 0.3) is 0 Å². The van der Waals surface area contributed by atoms with Gasteiger partial charge < -0.3 is 0 Å². The van der Waals surface area contributed by atoms with Crippen LogP contribution < -0.4 is 0 Å². The Balaban J connectivity index is 1.65. The summed E-state index contributed by atoms with van der Waals surface area (Å²) in [6, 6.07) is 38.8. The van der Waals surface area contributed by atoms with Crippen LogP contribution in [0, 0.1) is 5.92 Å². The molecule has 4 rings (SSSR count). The van der Waals surface area contributed by atoms with Gasteiger partial charge in [-0.15, -0.1) is 11.8 Å². The zero-order chi connectivity index (χ0) is 22.9. The molecule has 4 aromatic rings. The summed E-state index contributed by atoms with van der Waals surface area (Å²) in [6.07, 6.45) is 0.447. The lowest BCUT2D eigenvalue weighted by Crippen LogP contribution is -2.26. The topological polar surface area (TPSA) is 34.1 Å². The first-order valence-electron chi connectivity index (χ1n) is 11.1. The fourth-order valence-electron chi connectivity index (χ4n) is 3.89. The highest BCUT2D eigenvalue weighted by atomic mass is 32.2. The van der Waals surface area contributed by atoms with E-state index in [0.29, 0.717) is 17.5 Å². The van der Waals surface area contributed by atoms with Crippen LogP contribution in [0.5, 0.6) is 0 Å². The smallest absolute Gasteiger partial charge is 0.173 e. The van der Waals surface area contributed by atoms with Crippen LogP contribution in [-0.2, 0) is 5.75 Å². The van der Waals surface area contributed by atoms with Gasteiger partial charge in [0.15, 0.2) is 11.6 Å². The number of ketones is 2. The van der Waals surface area contributed by atoms with Gasteiger partial charge in [-0.05, 0) is 17.5 Å². The van der Waals surface area contributed by atoms with Gasteiger partial charge in [0.2, 0.25) is 0 Å². The molecule has 0 aliphatic carbocycles. The molecule has 164 valence electrons. The molecule has 0 amide bonds. The summed E-state index contributed by atoms with van der Waals surface area (Å²) in [5.74, 6) is -0.175. The molecule has 0 fully saturated rings. The minimum Gasteiger partial charge on any atom is -0.293 e. The predicted octanol–water partition coefficient (Wildman–Crippen LogP) is 7.43. The van der Waals surface area contributed by atoms with Crippen LogP contribution >= 0.6 is 11.8 Å². The van der Waals surface area contributed by atoms with Crippen LogP contribution in [0.1, 0.15) is 43.5 Å². The second-order valence-corrected chi connectivity index (χ2v) is 9.14. The molecule has 1 unspecified atom stereocenters. The van der Waals surface area contributed by atoms with Crippen molar-refractivity contribution in [1.82, 2.24) is 0 Å². The third-order valence-electron chi connectivity index (χ3n) is 5.66. The quantitative estimate of drug-likeness (QED) is 0.186. The van der Waals surface area contributed by atoms with Gasteiger partial charge in [0, 0.05) is 22.1 Å². The number of Topliss-reactive ketones (excluding diaryl/α,β-unsaturated/α-hetero) is 2. The molecule has 0 saturated carbocycles. The van der Waals surface area contributed by atoms with Crippen molar-refractivity contribution < 1.29 is 9.59 Å². The van der Waals surface area contributed by atoms with Crippen LogP contribution in [0.3, 0.4) is 0 Å². The predicted molar refractivity (Wildman–Crippen MR) is 137 cm³/mol. The maximum atomic E-state index is 13.6. The second kappa shape index (κ2) is 11.4. The fourth-order valence-corrected chi connectivity index (χ4v) is 5.16. The Bertz CT molecular complexity index is 1110. The largest absolute Gasteiger partial charge is 0.293 e. The number of benzene rings is 4. The van der Waals surface area contributed by atoms with Crippen LogP contribution in [0.15, 0.2) is 121 Å². The summed E-state index contributed by atoms with van der Waals surface area (Å²) in [7, 11) is 0. The Labute approximate surface area is 199 Å². The van der Waals surface area contributed by atoms with Crippen LogP contribution in [0.2, 0.25) is 0 Å². The molecule has 0 heterocycles. The Morgan fingerprint density at radius 1 is 0.576 bits per heavy atom. The molecule has 4 aromatic carbocycles. The number of carbonyl (C=O) groups excluding carboxylic acids is 2. The molecule has 0 spiro atoms. The molecule has 1 atom stereocenters. The van der Waals surface area contributed by atoms with Gasteiger partial charge in [-0.25, -0.2) is 0 Å². The zero-order valence-corrected chi connectivity index (χ0v) is 19.2. The van der Waals surface area contributed by atoms with E-state index in [1.807, 2.05) is 72.8 Å². The fraction of sp³-hybridized carbons (Fsp3) is 0.133. The lowest BCUT2D eigenvalue weighted by molar-refractivity contribution is 0.0799. The van der Waals surface area contributed by atoms with Crippen LogP contribution in [0.4, 0.5) is 0 Å². The molecule has 33 heavy (non-hydrogen) atoms. The average molecular weight is 451 g/mol. The number of thioether (sulfide) groups is 1. The van der Waals surface area contributed by atoms with Crippen molar-refractivity contribution in [2.24, 2.45) is 5.92 Å². The van der Waals surface area contributed by atoms with Crippen molar-refractivity contribution in [3.63, 3.8) is 0 Å². The Morgan fingerprint density at radius 3 is 1.48 bits per heavy atom. The van der Waals surface area contributed by atoms with Gasteiger partial charge >= 0.3 is 0 Å². The zero-order valence-electron chi connectivity index (χ0n) is 18.3. The molecule has 0 radical (unpaired) electrons. The first kappa shape index (κ1) is 22.8. The van der Waals surface area contributed by atoms with E-state index >= 15 is 0 Å². The van der Waals surface area contributed by atoms with E-state index < -0.39 is 5.92 Å². The molecule has 0 bridgehead atoms. The summed E-state index contributed by atoms with van der Waals surface area (Å²) >= 11 is 1.78. The standard InChI is InChI=1S/C30H26O2S/c31-29(25-17-9-3-10-18-25)27(30(32)26-19-11-4-12-20-26)21-28(24-15-7-2-8-16-24)33-22-23-13-5-1-6-14-23/h1-20,27-28H,21-22H2. The normalized spacial score (nSPS) is 11.8. The molecule has 0 saturated heterocycles. The first-order chi connectivity index (χ1) is 16.2. The molecular weight excluding hydrogens is 424 g/mol. The van der Waals surface area contributed by atoms with Crippen molar-refractivity contribution in [3.8, 4) is 0 Å². The maximum Gasteiger partial charge on any atom is 0.173 e. The Morgan fingerprint density at radius 2 is 1.00 bits per heavy atom. The van der Waals surface area contributed by atoms with E-state index in [-0.39, 0.29) is 16.8 Å². The average Bonchev–Trinajstić information content (AvgIpc) is 2.90. The van der Waals surface area contributed by atoms with Gasteiger partial charge in [-0.2, -0.15) is 0 Å². The second-order valence-electron chi connectivity index (χ2n) is 7.94. The molecule has 2 nitrogen and oxygen atoms in total. The van der Waals surface area contributed by atoms with E-state index in [4.69, 9.17) is 0 Å². The minimum atomic E-state index is -0.747. The van der Waals surface area contributed by atoms with E-state index in [0.717, 1.165) is 11.3 Å². The highest BCUT2D eigenvalue weighted by molar-refractivity contribution is 7.98. The summed E-state index contributed by atoms with van der Waals surface area (Å²) in [6.45, 7) is 0. The van der Waals surface area contributed by atoms with Gasteiger partial charge in [0.05, 0.1) is 5.92 Å². The van der Waals surface area contributed by atoms with Crippen molar-refractivity contribution in [2.75, 3.05) is 0 Å². The summed E-state index contributed by atoms with van der Waals surface area (Å²) in [5, 5.41) is 0.0109. The third kappa shape index (κ3) is 6.09. The summed E-state index contributed by atoms with van der Waals surface area (Å²) in [5.41, 5.74) is 3.51. The highest BCUT2D eigenvalue weighted by Crippen LogP contribution is 2.38. The molecule has 0 aliphatic heterocycles. The number of carbonyl (C=O) groups is 2.